The molecular formula is C14H18BrN3. The lowest BCUT2D eigenvalue weighted by molar-refractivity contribution is 0.660. The topological polar surface area (TPSA) is 29.9 Å². The average molecular weight is 308 g/mol. The van der Waals surface area contributed by atoms with E-state index < -0.39 is 0 Å². The maximum absolute atomic E-state index is 4.03. The fourth-order valence-corrected chi connectivity index (χ4v) is 2.34. The van der Waals surface area contributed by atoms with E-state index in [4.69, 9.17) is 0 Å². The van der Waals surface area contributed by atoms with Gasteiger partial charge in [-0.05, 0) is 36.6 Å². The van der Waals surface area contributed by atoms with Crippen molar-refractivity contribution in [2.24, 2.45) is 0 Å². The van der Waals surface area contributed by atoms with Crippen molar-refractivity contribution in [1.82, 2.24) is 9.55 Å². The zero-order valence-corrected chi connectivity index (χ0v) is 12.2. The van der Waals surface area contributed by atoms with E-state index >= 15 is 0 Å². The van der Waals surface area contributed by atoms with E-state index in [1.807, 2.05) is 18.7 Å². The van der Waals surface area contributed by atoms with E-state index in [2.05, 4.69) is 55.9 Å². The van der Waals surface area contributed by atoms with Crippen molar-refractivity contribution in [3.05, 3.63) is 47.0 Å². The van der Waals surface area contributed by atoms with Crippen molar-refractivity contribution in [2.45, 2.75) is 26.3 Å². The summed E-state index contributed by atoms with van der Waals surface area (Å²) < 4.78 is 3.24. The molecule has 4 heteroatoms. The van der Waals surface area contributed by atoms with Crippen LogP contribution in [0.5, 0.6) is 0 Å². The summed E-state index contributed by atoms with van der Waals surface area (Å²) in [5, 5.41) is 3.50. The predicted octanol–water partition coefficient (Wildman–Crippen LogP) is 3.71. The summed E-state index contributed by atoms with van der Waals surface area (Å²) >= 11 is 3.51. The van der Waals surface area contributed by atoms with Crippen LogP contribution in [-0.4, -0.2) is 16.1 Å². The minimum Gasteiger partial charge on any atom is -0.385 e. The molecule has 0 aliphatic rings. The third-order valence-electron chi connectivity index (χ3n) is 2.92. The number of aryl methyl sites for hydroxylation is 2. The van der Waals surface area contributed by atoms with E-state index in [0.29, 0.717) is 0 Å². The Kier molecular flexibility index (Phi) is 4.81. The van der Waals surface area contributed by atoms with Crippen LogP contribution in [-0.2, 0) is 13.0 Å². The van der Waals surface area contributed by atoms with Crippen LogP contribution >= 0.6 is 15.9 Å². The summed E-state index contributed by atoms with van der Waals surface area (Å²) in [5.74, 6) is 0. The van der Waals surface area contributed by atoms with E-state index in [0.717, 1.165) is 30.4 Å². The number of anilines is 1. The van der Waals surface area contributed by atoms with Crippen LogP contribution in [0.4, 0.5) is 5.69 Å². The number of nitrogens with one attached hydrogen (secondary N) is 1. The van der Waals surface area contributed by atoms with Crippen molar-refractivity contribution in [1.29, 1.82) is 0 Å². The number of aromatic nitrogens is 2. The number of halogens is 1. The molecule has 1 N–H and O–H groups in total. The first-order valence-corrected chi connectivity index (χ1v) is 7.07. The highest BCUT2D eigenvalue weighted by molar-refractivity contribution is 9.10. The summed E-state index contributed by atoms with van der Waals surface area (Å²) in [6.45, 7) is 4.16. The van der Waals surface area contributed by atoms with Crippen LogP contribution in [0.15, 0.2) is 41.4 Å². The number of hydrogen-bond donors (Lipinski definition) is 1. The number of nitrogens with zero attached hydrogens (tertiary/aromatic N) is 2. The van der Waals surface area contributed by atoms with Gasteiger partial charge in [-0.15, -0.1) is 0 Å². The summed E-state index contributed by atoms with van der Waals surface area (Å²) in [6.07, 6.45) is 7.81. The molecule has 0 aliphatic carbocycles. The first-order valence-electron chi connectivity index (χ1n) is 6.27. The van der Waals surface area contributed by atoms with Crippen LogP contribution in [0.25, 0.3) is 0 Å². The lowest BCUT2D eigenvalue weighted by atomic mass is 10.1. The van der Waals surface area contributed by atoms with Crippen molar-refractivity contribution in [3.8, 4) is 0 Å². The summed E-state index contributed by atoms with van der Waals surface area (Å²) in [5.41, 5.74) is 2.60. The Labute approximate surface area is 116 Å². The van der Waals surface area contributed by atoms with Gasteiger partial charge < -0.3 is 9.88 Å². The van der Waals surface area contributed by atoms with Crippen LogP contribution < -0.4 is 5.32 Å². The highest BCUT2D eigenvalue weighted by Crippen LogP contribution is 2.21. The normalized spacial score (nSPS) is 10.6. The van der Waals surface area contributed by atoms with Gasteiger partial charge in [-0.3, -0.25) is 0 Å². The smallest absolute Gasteiger partial charge is 0.0945 e. The van der Waals surface area contributed by atoms with Gasteiger partial charge in [-0.1, -0.05) is 22.9 Å². The molecule has 0 fully saturated rings. The Balaban J connectivity index is 1.83. The van der Waals surface area contributed by atoms with Gasteiger partial charge in [-0.2, -0.15) is 0 Å². The molecule has 0 saturated heterocycles. The zero-order valence-electron chi connectivity index (χ0n) is 10.6. The predicted molar refractivity (Wildman–Crippen MR) is 78.9 cm³/mol. The molecule has 1 heterocycles. The molecule has 96 valence electrons. The minimum atomic E-state index is 0.979. The molecule has 0 atom stereocenters. The molecule has 0 bridgehead atoms. The van der Waals surface area contributed by atoms with Crippen LogP contribution in [0, 0.1) is 0 Å². The maximum atomic E-state index is 4.03. The number of imidazole rings is 1. The van der Waals surface area contributed by atoms with Crippen LogP contribution in [0.3, 0.4) is 0 Å². The second-order valence-corrected chi connectivity index (χ2v) is 5.15. The van der Waals surface area contributed by atoms with E-state index in [1.165, 1.54) is 11.3 Å². The summed E-state index contributed by atoms with van der Waals surface area (Å²) in [4.78, 5) is 4.03. The number of hydrogen-bond acceptors (Lipinski definition) is 2. The maximum Gasteiger partial charge on any atom is 0.0945 e. The highest BCUT2D eigenvalue weighted by atomic mass is 79.9. The monoisotopic (exact) mass is 307 g/mol. The first kappa shape index (κ1) is 13.1. The Hall–Kier alpha value is -1.29. The molecular weight excluding hydrogens is 290 g/mol. The molecule has 18 heavy (non-hydrogen) atoms. The number of benzene rings is 1. The molecule has 0 spiro atoms. The highest BCUT2D eigenvalue weighted by Gasteiger charge is 2.00. The second-order valence-electron chi connectivity index (χ2n) is 4.24. The summed E-state index contributed by atoms with van der Waals surface area (Å²) in [7, 11) is 0. The van der Waals surface area contributed by atoms with Crippen molar-refractivity contribution >= 4 is 21.6 Å². The van der Waals surface area contributed by atoms with Crippen LogP contribution in [0.2, 0.25) is 0 Å². The molecule has 0 aliphatic heterocycles. The van der Waals surface area contributed by atoms with E-state index in [9.17, 15) is 0 Å². The third kappa shape index (κ3) is 3.60. The Morgan fingerprint density at radius 3 is 3.00 bits per heavy atom. The van der Waals surface area contributed by atoms with Crippen molar-refractivity contribution < 1.29 is 0 Å². The van der Waals surface area contributed by atoms with Gasteiger partial charge in [0.05, 0.1) is 6.33 Å². The molecule has 2 aromatic rings. The largest absolute Gasteiger partial charge is 0.385 e. The van der Waals surface area contributed by atoms with E-state index in [1.54, 1.807) is 0 Å². The Morgan fingerprint density at radius 1 is 1.39 bits per heavy atom. The third-order valence-corrected chi connectivity index (χ3v) is 3.41. The molecule has 0 saturated carbocycles. The van der Waals surface area contributed by atoms with Gasteiger partial charge in [0, 0.05) is 35.6 Å². The second kappa shape index (κ2) is 6.59. The van der Waals surface area contributed by atoms with Gasteiger partial charge >= 0.3 is 0 Å². The molecule has 0 radical (unpaired) electrons. The lowest BCUT2D eigenvalue weighted by Gasteiger charge is -2.11. The van der Waals surface area contributed by atoms with Gasteiger partial charge in [-0.25, -0.2) is 4.98 Å². The van der Waals surface area contributed by atoms with Crippen molar-refractivity contribution in [3.63, 3.8) is 0 Å². The zero-order chi connectivity index (χ0) is 12.8. The quantitative estimate of drug-likeness (QED) is 0.825. The van der Waals surface area contributed by atoms with Crippen LogP contribution in [0.1, 0.15) is 18.9 Å². The number of rotatable bonds is 6. The first-order chi connectivity index (χ1) is 8.79. The minimum absolute atomic E-state index is 0.979. The van der Waals surface area contributed by atoms with Gasteiger partial charge in [0.2, 0.25) is 0 Å². The van der Waals surface area contributed by atoms with Gasteiger partial charge in [0.25, 0.3) is 0 Å². The van der Waals surface area contributed by atoms with Crippen molar-refractivity contribution in [2.75, 3.05) is 11.9 Å². The molecule has 3 nitrogen and oxygen atoms in total. The average Bonchev–Trinajstić information content (AvgIpc) is 2.89. The van der Waals surface area contributed by atoms with E-state index in [-0.39, 0.29) is 0 Å². The van der Waals surface area contributed by atoms with Gasteiger partial charge in [0.15, 0.2) is 0 Å². The molecule has 1 aromatic heterocycles. The molecule has 0 amide bonds. The lowest BCUT2D eigenvalue weighted by Crippen LogP contribution is -2.07. The fourth-order valence-electron chi connectivity index (χ4n) is 1.93. The Bertz CT molecular complexity index is 480. The molecule has 1 aromatic carbocycles. The SMILES string of the molecule is CCc1cc(Br)ccc1NCCCn1ccnc1. The standard InChI is InChI=1S/C14H18BrN3/c1-2-12-10-13(15)4-5-14(12)17-6-3-8-18-9-7-16-11-18/h4-5,7,9-11,17H,2-3,6,8H2,1H3. The summed E-state index contributed by atoms with van der Waals surface area (Å²) in [6, 6.07) is 6.40. The molecule has 0 unspecified atom stereocenters. The molecule has 2 rings (SSSR count). The van der Waals surface area contributed by atoms with Gasteiger partial charge in [0.1, 0.15) is 0 Å². The Morgan fingerprint density at radius 2 is 2.28 bits per heavy atom. The fraction of sp³-hybridized carbons (Fsp3) is 0.357.